The summed E-state index contributed by atoms with van der Waals surface area (Å²) in [5.41, 5.74) is 6.25. The zero-order chi connectivity index (χ0) is 10.7. The van der Waals surface area contributed by atoms with Crippen molar-refractivity contribution in [3.8, 4) is 0 Å². The van der Waals surface area contributed by atoms with E-state index in [2.05, 4.69) is 0 Å². The molecular formula is C12H16FNO. The number of ether oxygens (including phenoxy) is 1. The van der Waals surface area contributed by atoms with Crippen LogP contribution in [0.25, 0.3) is 0 Å². The highest BCUT2D eigenvalue weighted by Crippen LogP contribution is 2.30. The number of halogens is 1. The van der Waals surface area contributed by atoms with Gasteiger partial charge in [-0.25, -0.2) is 4.39 Å². The Morgan fingerprint density at radius 1 is 1.27 bits per heavy atom. The molecule has 0 bridgehead atoms. The molecule has 2 nitrogen and oxygen atoms in total. The van der Waals surface area contributed by atoms with Crippen molar-refractivity contribution >= 4 is 5.69 Å². The monoisotopic (exact) mass is 209 g/mol. The lowest BCUT2D eigenvalue weighted by atomic mass is 9.88. The first-order valence-corrected chi connectivity index (χ1v) is 5.30. The second kappa shape index (κ2) is 4.19. The van der Waals surface area contributed by atoms with Crippen molar-refractivity contribution in [2.45, 2.75) is 24.9 Å². The molecule has 1 heterocycles. The van der Waals surface area contributed by atoms with Crippen LogP contribution in [0.1, 0.15) is 18.4 Å². The Balaban J connectivity index is 2.10. The largest absolute Gasteiger partial charge is 0.399 e. The average Bonchev–Trinajstić information content (AvgIpc) is 2.22. The van der Waals surface area contributed by atoms with E-state index in [-0.39, 0.29) is 0 Å². The Kier molecular flexibility index (Phi) is 2.91. The van der Waals surface area contributed by atoms with Crippen LogP contribution in [0.4, 0.5) is 10.1 Å². The first-order chi connectivity index (χ1) is 7.20. The molecular weight excluding hydrogens is 193 g/mol. The summed E-state index contributed by atoms with van der Waals surface area (Å²) in [5.74, 6) is 0. The topological polar surface area (TPSA) is 35.2 Å². The third kappa shape index (κ3) is 2.48. The predicted molar refractivity (Wildman–Crippen MR) is 58.5 cm³/mol. The molecule has 1 saturated heterocycles. The van der Waals surface area contributed by atoms with E-state index in [1.807, 2.05) is 24.3 Å². The first-order valence-electron chi connectivity index (χ1n) is 5.30. The molecule has 0 amide bonds. The number of alkyl halides is 1. The quantitative estimate of drug-likeness (QED) is 0.759. The minimum absolute atomic E-state index is 0.406. The number of rotatable bonds is 2. The van der Waals surface area contributed by atoms with Gasteiger partial charge in [0.25, 0.3) is 0 Å². The smallest absolute Gasteiger partial charge is 0.119 e. The molecule has 1 fully saturated rings. The minimum atomic E-state index is -1.13. The minimum Gasteiger partial charge on any atom is -0.399 e. The van der Waals surface area contributed by atoms with E-state index in [9.17, 15) is 4.39 Å². The van der Waals surface area contributed by atoms with Gasteiger partial charge in [-0.15, -0.1) is 0 Å². The SMILES string of the molecule is Nc1ccccc1CC1(F)CCOCC1. The van der Waals surface area contributed by atoms with E-state index < -0.39 is 5.67 Å². The fourth-order valence-corrected chi connectivity index (χ4v) is 1.95. The van der Waals surface area contributed by atoms with Crippen LogP contribution in [0.5, 0.6) is 0 Å². The molecule has 1 aromatic carbocycles. The van der Waals surface area contributed by atoms with Crippen molar-refractivity contribution in [2.75, 3.05) is 18.9 Å². The lowest BCUT2D eigenvalue weighted by Gasteiger charge is -2.29. The van der Waals surface area contributed by atoms with Gasteiger partial charge in [0.05, 0.1) is 0 Å². The van der Waals surface area contributed by atoms with Gasteiger partial charge < -0.3 is 10.5 Å². The molecule has 2 rings (SSSR count). The first kappa shape index (κ1) is 10.4. The Morgan fingerprint density at radius 3 is 2.60 bits per heavy atom. The number of nitrogen functional groups attached to an aromatic ring is 1. The predicted octanol–water partition coefficient (Wildman–Crippen LogP) is 2.33. The lowest BCUT2D eigenvalue weighted by molar-refractivity contribution is -0.00808. The zero-order valence-corrected chi connectivity index (χ0v) is 8.71. The van der Waals surface area contributed by atoms with E-state index in [0.29, 0.717) is 38.2 Å². The maximum absolute atomic E-state index is 14.3. The van der Waals surface area contributed by atoms with Gasteiger partial charge in [-0.2, -0.15) is 0 Å². The van der Waals surface area contributed by atoms with Crippen LogP contribution in [0.3, 0.4) is 0 Å². The molecule has 3 heteroatoms. The van der Waals surface area contributed by atoms with Crippen LogP contribution in [0.2, 0.25) is 0 Å². The highest BCUT2D eigenvalue weighted by Gasteiger charge is 2.32. The van der Waals surface area contributed by atoms with Crippen molar-refractivity contribution < 1.29 is 9.13 Å². The summed E-state index contributed by atoms with van der Waals surface area (Å²) in [6.45, 7) is 1.03. The second-order valence-electron chi connectivity index (χ2n) is 4.14. The fourth-order valence-electron chi connectivity index (χ4n) is 1.95. The summed E-state index contributed by atoms with van der Waals surface area (Å²) in [6, 6.07) is 7.48. The van der Waals surface area contributed by atoms with Crippen molar-refractivity contribution in [2.24, 2.45) is 0 Å². The summed E-state index contributed by atoms with van der Waals surface area (Å²) in [5, 5.41) is 0. The van der Waals surface area contributed by atoms with Crippen LogP contribution in [-0.4, -0.2) is 18.9 Å². The van der Waals surface area contributed by atoms with Gasteiger partial charge >= 0.3 is 0 Å². The highest BCUT2D eigenvalue weighted by atomic mass is 19.1. The Hall–Kier alpha value is -1.09. The molecule has 0 saturated carbocycles. The molecule has 1 aliphatic rings. The van der Waals surface area contributed by atoms with Gasteiger partial charge in [0, 0.05) is 38.2 Å². The van der Waals surface area contributed by atoms with Gasteiger partial charge in [-0.1, -0.05) is 18.2 Å². The number of para-hydroxylation sites is 1. The summed E-state index contributed by atoms with van der Waals surface area (Å²) in [6.07, 6.45) is 1.35. The number of nitrogens with two attached hydrogens (primary N) is 1. The van der Waals surface area contributed by atoms with Gasteiger partial charge in [0.15, 0.2) is 0 Å². The second-order valence-corrected chi connectivity index (χ2v) is 4.14. The maximum Gasteiger partial charge on any atom is 0.119 e. The fraction of sp³-hybridized carbons (Fsp3) is 0.500. The van der Waals surface area contributed by atoms with Crippen molar-refractivity contribution in [1.29, 1.82) is 0 Å². The van der Waals surface area contributed by atoms with Crippen molar-refractivity contribution in [1.82, 2.24) is 0 Å². The molecule has 1 aliphatic heterocycles. The third-order valence-electron chi connectivity index (χ3n) is 2.95. The number of hydrogen-bond acceptors (Lipinski definition) is 2. The summed E-state index contributed by atoms with van der Waals surface area (Å²) in [7, 11) is 0. The average molecular weight is 209 g/mol. The zero-order valence-electron chi connectivity index (χ0n) is 8.71. The number of hydrogen-bond donors (Lipinski definition) is 1. The maximum atomic E-state index is 14.3. The van der Waals surface area contributed by atoms with Crippen LogP contribution >= 0.6 is 0 Å². The van der Waals surface area contributed by atoms with Crippen LogP contribution in [0, 0.1) is 0 Å². The molecule has 0 radical (unpaired) electrons. The van der Waals surface area contributed by atoms with Crippen molar-refractivity contribution in [3.05, 3.63) is 29.8 Å². The Labute approximate surface area is 89.2 Å². The molecule has 0 aromatic heterocycles. The van der Waals surface area contributed by atoms with E-state index in [1.165, 1.54) is 0 Å². The van der Waals surface area contributed by atoms with Gasteiger partial charge in [-0.3, -0.25) is 0 Å². The Bertz CT molecular complexity index is 334. The van der Waals surface area contributed by atoms with E-state index in [1.54, 1.807) is 0 Å². The van der Waals surface area contributed by atoms with Crippen LogP contribution in [-0.2, 0) is 11.2 Å². The summed E-state index contributed by atoms with van der Waals surface area (Å²) in [4.78, 5) is 0. The molecule has 15 heavy (non-hydrogen) atoms. The number of anilines is 1. The molecule has 82 valence electrons. The molecule has 0 spiro atoms. The van der Waals surface area contributed by atoms with Gasteiger partial charge in [0.1, 0.15) is 5.67 Å². The summed E-state index contributed by atoms with van der Waals surface area (Å²) >= 11 is 0. The molecule has 0 atom stereocenters. The van der Waals surface area contributed by atoms with Gasteiger partial charge in [-0.05, 0) is 11.6 Å². The van der Waals surface area contributed by atoms with Gasteiger partial charge in [0.2, 0.25) is 0 Å². The van der Waals surface area contributed by atoms with Crippen LogP contribution < -0.4 is 5.73 Å². The van der Waals surface area contributed by atoms with E-state index in [4.69, 9.17) is 10.5 Å². The highest BCUT2D eigenvalue weighted by molar-refractivity contribution is 5.47. The van der Waals surface area contributed by atoms with E-state index >= 15 is 0 Å². The Morgan fingerprint density at radius 2 is 1.93 bits per heavy atom. The van der Waals surface area contributed by atoms with E-state index in [0.717, 1.165) is 5.56 Å². The standard InChI is InChI=1S/C12H16FNO/c13-12(5-7-15-8-6-12)9-10-3-1-2-4-11(10)14/h1-4H,5-9,14H2. The molecule has 0 aliphatic carbocycles. The summed E-state index contributed by atoms with van der Waals surface area (Å²) < 4.78 is 19.5. The van der Waals surface area contributed by atoms with Crippen LogP contribution in [0.15, 0.2) is 24.3 Å². The normalized spacial score (nSPS) is 20.1. The third-order valence-corrected chi connectivity index (χ3v) is 2.95. The lowest BCUT2D eigenvalue weighted by Crippen LogP contribution is -2.34. The number of benzene rings is 1. The molecule has 0 unspecified atom stereocenters. The molecule has 1 aromatic rings. The van der Waals surface area contributed by atoms with Crippen molar-refractivity contribution in [3.63, 3.8) is 0 Å². The molecule has 2 N–H and O–H groups in total.